The minimum atomic E-state index is -0.268. The van der Waals surface area contributed by atoms with Crippen LogP contribution in [0, 0.1) is 0 Å². The highest BCUT2D eigenvalue weighted by Gasteiger charge is 2.02. The van der Waals surface area contributed by atoms with Crippen LogP contribution >= 0.6 is 11.6 Å². The van der Waals surface area contributed by atoms with Crippen molar-refractivity contribution in [2.24, 2.45) is 0 Å². The highest BCUT2D eigenvalue weighted by atomic mass is 35.5. The van der Waals surface area contributed by atoms with E-state index in [1.807, 2.05) is 12.1 Å². The van der Waals surface area contributed by atoms with Gasteiger partial charge in [-0.1, -0.05) is 35.9 Å². The molecule has 1 amide bonds. The van der Waals surface area contributed by atoms with Gasteiger partial charge in [0.05, 0.1) is 0 Å². The maximum Gasteiger partial charge on any atom is 0.248 e. The number of hydrogen-bond donors (Lipinski definition) is 1. The molecule has 2 rings (SSSR count). The fraction of sp³-hybridized carbons (Fsp3) is 0.0588. The summed E-state index contributed by atoms with van der Waals surface area (Å²) in [5.41, 5.74) is 1.99. The van der Waals surface area contributed by atoms with Crippen molar-refractivity contribution < 1.29 is 9.59 Å². The molecular weight excluding hydrogens is 286 g/mol. The molecular formula is C17H14ClNO2. The molecule has 0 heterocycles. The van der Waals surface area contributed by atoms with Crippen molar-refractivity contribution in [2.75, 3.05) is 5.32 Å². The van der Waals surface area contributed by atoms with Crippen LogP contribution in [0.2, 0.25) is 5.02 Å². The molecule has 0 atom stereocenters. The maximum absolute atomic E-state index is 11.8. The van der Waals surface area contributed by atoms with Gasteiger partial charge >= 0.3 is 0 Å². The van der Waals surface area contributed by atoms with Gasteiger partial charge in [-0.15, -0.1) is 0 Å². The SMILES string of the molecule is CC(=O)c1cccc(NC(=O)/C=C/c2cccc(Cl)c2)c1. The van der Waals surface area contributed by atoms with E-state index < -0.39 is 0 Å². The maximum atomic E-state index is 11.8. The lowest BCUT2D eigenvalue weighted by Gasteiger charge is -2.03. The third-order valence-corrected chi connectivity index (χ3v) is 3.05. The first-order valence-electron chi connectivity index (χ1n) is 6.40. The largest absolute Gasteiger partial charge is 0.322 e. The van der Waals surface area contributed by atoms with E-state index >= 15 is 0 Å². The molecule has 0 aliphatic carbocycles. The van der Waals surface area contributed by atoms with Crippen molar-refractivity contribution in [2.45, 2.75) is 6.92 Å². The van der Waals surface area contributed by atoms with Gasteiger partial charge < -0.3 is 5.32 Å². The molecule has 1 N–H and O–H groups in total. The number of rotatable bonds is 4. The molecule has 2 aromatic rings. The monoisotopic (exact) mass is 299 g/mol. The Bertz CT molecular complexity index is 707. The summed E-state index contributed by atoms with van der Waals surface area (Å²) in [4.78, 5) is 23.1. The number of halogens is 1. The van der Waals surface area contributed by atoms with Crippen LogP contribution in [-0.4, -0.2) is 11.7 Å². The molecule has 0 bridgehead atoms. The van der Waals surface area contributed by atoms with E-state index in [2.05, 4.69) is 5.32 Å². The van der Waals surface area contributed by atoms with E-state index in [0.717, 1.165) is 5.56 Å². The molecule has 0 spiro atoms. The van der Waals surface area contributed by atoms with Crippen LogP contribution in [0.5, 0.6) is 0 Å². The van der Waals surface area contributed by atoms with Gasteiger partial charge in [0, 0.05) is 22.3 Å². The average Bonchev–Trinajstić information content (AvgIpc) is 2.45. The highest BCUT2D eigenvalue weighted by molar-refractivity contribution is 6.30. The fourth-order valence-electron chi connectivity index (χ4n) is 1.78. The second-order valence-electron chi connectivity index (χ2n) is 4.51. The smallest absolute Gasteiger partial charge is 0.248 e. The number of benzene rings is 2. The molecule has 0 saturated carbocycles. The molecule has 2 aromatic carbocycles. The number of anilines is 1. The lowest BCUT2D eigenvalue weighted by atomic mass is 10.1. The summed E-state index contributed by atoms with van der Waals surface area (Å²) in [6, 6.07) is 14.0. The Morgan fingerprint density at radius 3 is 2.57 bits per heavy atom. The van der Waals surface area contributed by atoms with E-state index in [1.165, 1.54) is 13.0 Å². The minimum Gasteiger partial charge on any atom is -0.322 e. The Balaban J connectivity index is 2.05. The van der Waals surface area contributed by atoms with Crippen LogP contribution in [0.15, 0.2) is 54.6 Å². The van der Waals surface area contributed by atoms with Crippen molar-refractivity contribution in [3.8, 4) is 0 Å². The summed E-state index contributed by atoms with van der Waals surface area (Å²) in [7, 11) is 0. The number of carbonyl (C=O) groups excluding carboxylic acids is 2. The minimum absolute atomic E-state index is 0.0411. The van der Waals surface area contributed by atoms with Crippen molar-refractivity contribution in [3.63, 3.8) is 0 Å². The molecule has 0 radical (unpaired) electrons. The zero-order valence-corrected chi connectivity index (χ0v) is 12.2. The van der Waals surface area contributed by atoms with Crippen LogP contribution in [0.3, 0.4) is 0 Å². The number of amides is 1. The number of ketones is 1. The molecule has 21 heavy (non-hydrogen) atoms. The molecule has 4 heteroatoms. The lowest BCUT2D eigenvalue weighted by molar-refractivity contribution is -0.111. The van der Waals surface area contributed by atoms with Crippen LogP contribution < -0.4 is 5.32 Å². The van der Waals surface area contributed by atoms with Crippen LogP contribution in [0.4, 0.5) is 5.69 Å². The average molecular weight is 300 g/mol. The normalized spacial score (nSPS) is 10.6. The van der Waals surface area contributed by atoms with Gasteiger partial charge in [-0.25, -0.2) is 0 Å². The zero-order valence-electron chi connectivity index (χ0n) is 11.5. The molecule has 3 nitrogen and oxygen atoms in total. The molecule has 0 saturated heterocycles. The molecule has 0 fully saturated rings. The number of carbonyl (C=O) groups is 2. The Labute approximate surface area is 128 Å². The van der Waals surface area contributed by atoms with Crippen molar-refractivity contribution in [1.29, 1.82) is 0 Å². The number of Topliss-reactive ketones (excluding diaryl/α,β-unsaturated/α-hetero) is 1. The predicted molar refractivity (Wildman–Crippen MR) is 85.6 cm³/mol. The summed E-state index contributed by atoms with van der Waals surface area (Å²) in [6.45, 7) is 1.49. The first-order valence-corrected chi connectivity index (χ1v) is 6.78. The van der Waals surface area contributed by atoms with E-state index in [0.29, 0.717) is 16.3 Å². The van der Waals surface area contributed by atoms with Gasteiger partial charge in [-0.3, -0.25) is 9.59 Å². The van der Waals surface area contributed by atoms with E-state index in [9.17, 15) is 9.59 Å². The van der Waals surface area contributed by atoms with E-state index in [-0.39, 0.29) is 11.7 Å². The Morgan fingerprint density at radius 2 is 1.86 bits per heavy atom. The van der Waals surface area contributed by atoms with Gasteiger partial charge in [0.1, 0.15) is 0 Å². The van der Waals surface area contributed by atoms with Gasteiger partial charge in [-0.2, -0.15) is 0 Å². The first kappa shape index (κ1) is 15.0. The summed E-state index contributed by atoms with van der Waals surface area (Å²) < 4.78 is 0. The molecule has 106 valence electrons. The first-order chi connectivity index (χ1) is 10.0. The van der Waals surface area contributed by atoms with Gasteiger partial charge in [0.2, 0.25) is 5.91 Å². The third kappa shape index (κ3) is 4.58. The topological polar surface area (TPSA) is 46.2 Å². The van der Waals surface area contributed by atoms with E-state index in [1.54, 1.807) is 42.5 Å². The zero-order chi connectivity index (χ0) is 15.2. The molecule has 0 aliphatic rings. The van der Waals surface area contributed by atoms with E-state index in [4.69, 9.17) is 11.6 Å². The molecule has 0 aromatic heterocycles. The van der Waals surface area contributed by atoms with Gasteiger partial charge in [-0.05, 0) is 42.8 Å². The Kier molecular flexibility index (Phi) is 4.90. The van der Waals surface area contributed by atoms with Gasteiger partial charge in [0.25, 0.3) is 0 Å². The number of nitrogens with one attached hydrogen (secondary N) is 1. The predicted octanol–water partition coefficient (Wildman–Crippen LogP) is 4.19. The molecule has 0 aliphatic heterocycles. The standard InChI is InChI=1S/C17H14ClNO2/c1-12(20)14-5-3-7-16(11-14)19-17(21)9-8-13-4-2-6-15(18)10-13/h2-11H,1H3,(H,19,21)/b9-8+. The highest BCUT2D eigenvalue weighted by Crippen LogP contribution is 2.13. The van der Waals surface area contributed by atoms with Gasteiger partial charge in [0.15, 0.2) is 5.78 Å². The second kappa shape index (κ2) is 6.86. The van der Waals surface area contributed by atoms with Crippen LogP contribution in [0.25, 0.3) is 6.08 Å². The van der Waals surface area contributed by atoms with Crippen LogP contribution in [0.1, 0.15) is 22.8 Å². The summed E-state index contributed by atoms with van der Waals surface area (Å²) >= 11 is 5.87. The quantitative estimate of drug-likeness (QED) is 0.679. The Hall–Kier alpha value is -2.39. The summed E-state index contributed by atoms with van der Waals surface area (Å²) in [5, 5.41) is 3.33. The van der Waals surface area contributed by atoms with Crippen molar-refractivity contribution in [3.05, 3.63) is 70.8 Å². The number of hydrogen-bond acceptors (Lipinski definition) is 2. The van der Waals surface area contributed by atoms with Crippen molar-refractivity contribution in [1.82, 2.24) is 0 Å². The fourth-order valence-corrected chi connectivity index (χ4v) is 1.98. The third-order valence-electron chi connectivity index (χ3n) is 2.81. The van der Waals surface area contributed by atoms with Crippen LogP contribution in [-0.2, 0) is 4.79 Å². The van der Waals surface area contributed by atoms with Crippen molar-refractivity contribution >= 4 is 35.1 Å². The lowest BCUT2D eigenvalue weighted by Crippen LogP contribution is -2.08. The molecule has 0 unspecified atom stereocenters. The second-order valence-corrected chi connectivity index (χ2v) is 4.95. The summed E-state index contributed by atoms with van der Waals surface area (Å²) in [5.74, 6) is -0.309. The summed E-state index contributed by atoms with van der Waals surface area (Å²) in [6.07, 6.45) is 3.10. The Morgan fingerprint density at radius 1 is 1.10 bits per heavy atom.